The first-order valence-electron chi connectivity index (χ1n) is 10.2. The van der Waals surface area contributed by atoms with Gasteiger partial charge in [-0.05, 0) is 42.7 Å². The number of fused-ring (bicyclic) bond motifs is 1. The van der Waals surface area contributed by atoms with Gasteiger partial charge in [0.2, 0.25) is 11.7 Å². The Morgan fingerprint density at radius 1 is 1.12 bits per heavy atom. The molecule has 0 saturated heterocycles. The molecule has 0 saturated carbocycles. The number of rotatable bonds is 7. The number of halogens is 2. The molecule has 32 heavy (non-hydrogen) atoms. The first kappa shape index (κ1) is 24.1. The van der Waals surface area contributed by atoms with E-state index in [1.54, 1.807) is 7.05 Å². The molecule has 0 aliphatic rings. The highest BCUT2D eigenvalue weighted by molar-refractivity contribution is 14.0. The highest BCUT2D eigenvalue weighted by Gasteiger charge is 2.10. The molecule has 0 amide bonds. The van der Waals surface area contributed by atoms with Crippen molar-refractivity contribution in [3.05, 3.63) is 70.7 Å². The number of hydrogen-bond acceptors (Lipinski definition) is 4. The van der Waals surface area contributed by atoms with Crippen molar-refractivity contribution >= 4 is 52.4 Å². The molecule has 0 unspecified atom stereocenters. The van der Waals surface area contributed by atoms with E-state index in [2.05, 4.69) is 62.1 Å². The summed E-state index contributed by atoms with van der Waals surface area (Å²) >= 11 is 6.03. The van der Waals surface area contributed by atoms with Gasteiger partial charge in [0.25, 0.3) is 0 Å². The van der Waals surface area contributed by atoms with Crippen LogP contribution in [0.2, 0.25) is 5.02 Å². The monoisotopic (exact) mass is 564 g/mol. The smallest absolute Gasteiger partial charge is 0.228 e. The number of aliphatic imine (C=N–C) groups is 1. The Morgan fingerprint density at radius 3 is 2.69 bits per heavy atom. The van der Waals surface area contributed by atoms with E-state index >= 15 is 0 Å². The number of guanidine groups is 1. The van der Waals surface area contributed by atoms with Crippen molar-refractivity contribution in [3.8, 4) is 11.4 Å². The summed E-state index contributed by atoms with van der Waals surface area (Å²) in [5.41, 5.74) is 4.60. The highest BCUT2D eigenvalue weighted by atomic mass is 127. The van der Waals surface area contributed by atoms with Crippen molar-refractivity contribution in [2.75, 3.05) is 20.1 Å². The van der Waals surface area contributed by atoms with Gasteiger partial charge in [-0.15, -0.1) is 24.0 Å². The highest BCUT2D eigenvalue weighted by Crippen LogP contribution is 2.22. The van der Waals surface area contributed by atoms with E-state index in [-0.39, 0.29) is 24.0 Å². The fourth-order valence-electron chi connectivity index (χ4n) is 3.57. The molecule has 2 heterocycles. The summed E-state index contributed by atoms with van der Waals surface area (Å²) < 4.78 is 5.35. The van der Waals surface area contributed by atoms with Gasteiger partial charge < -0.3 is 20.1 Å². The topological polar surface area (TPSA) is 91.1 Å². The minimum Gasteiger partial charge on any atom is -0.361 e. The quantitative estimate of drug-likeness (QED) is 0.171. The zero-order chi connectivity index (χ0) is 21.6. The zero-order valence-corrected chi connectivity index (χ0v) is 21.1. The predicted octanol–water partition coefficient (Wildman–Crippen LogP) is 4.75. The standard InChI is InChI=1S/C23H25ClN6O.HI/c1-15-5-3-8-19-21(15)17(14-28-19)9-11-26-23(25-2)27-12-10-20-29-22(30-31-20)16-6-4-7-18(24)13-16;/h3-8,13-14,28H,9-12H2,1-2H3,(H2,25,26,27);1H. The first-order valence-corrected chi connectivity index (χ1v) is 10.6. The van der Waals surface area contributed by atoms with Crippen LogP contribution in [0.25, 0.3) is 22.3 Å². The van der Waals surface area contributed by atoms with Crippen molar-refractivity contribution in [2.45, 2.75) is 19.8 Å². The second kappa shape index (κ2) is 11.3. The minimum atomic E-state index is 0. The summed E-state index contributed by atoms with van der Waals surface area (Å²) in [5.74, 6) is 1.84. The fourth-order valence-corrected chi connectivity index (χ4v) is 3.76. The Balaban J connectivity index is 0.00000289. The van der Waals surface area contributed by atoms with Crippen LogP contribution in [-0.2, 0) is 12.8 Å². The third-order valence-electron chi connectivity index (χ3n) is 5.09. The largest absolute Gasteiger partial charge is 0.361 e. The second-order valence-corrected chi connectivity index (χ2v) is 7.70. The van der Waals surface area contributed by atoms with Crippen LogP contribution >= 0.6 is 35.6 Å². The van der Waals surface area contributed by atoms with Crippen molar-refractivity contribution in [3.63, 3.8) is 0 Å². The van der Waals surface area contributed by atoms with Crippen LogP contribution in [0.15, 0.2) is 58.2 Å². The van der Waals surface area contributed by atoms with Crippen LogP contribution in [0.5, 0.6) is 0 Å². The predicted molar refractivity (Wildman–Crippen MR) is 140 cm³/mol. The number of aromatic nitrogens is 3. The lowest BCUT2D eigenvalue weighted by Crippen LogP contribution is -2.39. The molecule has 4 aromatic rings. The lowest BCUT2D eigenvalue weighted by atomic mass is 10.1. The third kappa shape index (κ3) is 5.80. The summed E-state index contributed by atoms with van der Waals surface area (Å²) in [4.78, 5) is 12.1. The molecule has 0 bridgehead atoms. The van der Waals surface area contributed by atoms with Crippen molar-refractivity contribution in [1.82, 2.24) is 25.8 Å². The van der Waals surface area contributed by atoms with Crippen LogP contribution in [-0.4, -0.2) is 41.2 Å². The average molecular weight is 565 g/mol. The van der Waals surface area contributed by atoms with Crippen LogP contribution in [0, 0.1) is 6.92 Å². The average Bonchev–Trinajstić information content (AvgIpc) is 3.41. The van der Waals surface area contributed by atoms with E-state index in [0.717, 1.165) is 24.5 Å². The molecule has 3 N–H and O–H groups in total. The van der Waals surface area contributed by atoms with Gasteiger partial charge in [0.1, 0.15) is 0 Å². The molecule has 0 radical (unpaired) electrons. The summed E-state index contributed by atoms with van der Waals surface area (Å²) in [6, 6.07) is 13.7. The number of nitrogens with one attached hydrogen (secondary N) is 3. The molecule has 4 rings (SSSR count). The second-order valence-electron chi connectivity index (χ2n) is 7.26. The summed E-state index contributed by atoms with van der Waals surface area (Å²) in [5, 5.41) is 12.6. The van der Waals surface area contributed by atoms with E-state index in [1.807, 2.05) is 24.3 Å². The molecule has 0 spiro atoms. The molecule has 0 fully saturated rings. The molecule has 0 aliphatic carbocycles. The normalized spacial score (nSPS) is 11.4. The van der Waals surface area contributed by atoms with Crippen molar-refractivity contribution in [1.29, 1.82) is 0 Å². The first-order chi connectivity index (χ1) is 15.1. The fraction of sp³-hybridized carbons (Fsp3) is 0.261. The molecule has 0 aliphatic heterocycles. The van der Waals surface area contributed by atoms with E-state index in [9.17, 15) is 0 Å². The number of aromatic amines is 1. The van der Waals surface area contributed by atoms with E-state index in [1.165, 1.54) is 22.0 Å². The summed E-state index contributed by atoms with van der Waals surface area (Å²) in [6.07, 6.45) is 3.58. The Morgan fingerprint density at radius 2 is 1.91 bits per heavy atom. The van der Waals surface area contributed by atoms with E-state index in [0.29, 0.717) is 29.7 Å². The molecule has 0 atom stereocenters. The SMILES string of the molecule is CN=C(NCCc1nc(-c2cccc(Cl)c2)no1)NCCc1c[nH]c2cccc(C)c12.I. The number of H-pyrrole nitrogens is 1. The molecular weight excluding hydrogens is 539 g/mol. The lowest BCUT2D eigenvalue weighted by molar-refractivity contribution is 0.378. The Hall–Kier alpha value is -2.59. The summed E-state index contributed by atoms with van der Waals surface area (Å²) in [6.45, 7) is 3.55. The molecule has 2 aromatic heterocycles. The number of nitrogens with zero attached hydrogens (tertiary/aromatic N) is 3. The molecular formula is C23H26ClIN6O. The maximum absolute atomic E-state index is 6.03. The third-order valence-corrected chi connectivity index (χ3v) is 5.32. The maximum atomic E-state index is 6.03. The van der Waals surface area contributed by atoms with Gasteiger partial charge in [-0.25, -0.2) is 0 Å². The number of benzene rings is 2. The van der Waals surface area contributed by atoms with Gasteiger partial charge in [-0.1, -0.05) is 41.0 Å². The van der Waals surface area contributed by atoms with E-state index < -0.39 is 0 Å². The number of aryl methyl sites for hydroxylation is 1. The van der Waals surface area contributed by atoms with Crippen molar-refractivity contribution < 1.29 is 4.52 Å². The summed E-state index contributed by atoms with van der Waals surface area (Å²) in [7, 11) is 1.76. The van der Waals surface area contributed by atoms with Crippen LogP contribution in [0.1, 0.15) is 17.0 Å². The molecule has 9 heteroatoms. The van der Waals surface area contributed by atoms with Gasteiger partial charge >= 0.3 is 0 Å². The van der Waals surface area contributed by atoms with Crippen molar-refractivity contribution in [2.24, 2.45) is 4.99 Å². The molecule has 2 aromatic carbocycles. The molecule has 7 nitrogen and oxygen atoms in total. The maximum Gasteiger partial charge on any atom is 0.228 e. The van der Waals surface area contributed by atoms with Gasteiger partial charge in [0.05, 0.1) is 0 Å². The Labute approximate surface area is 209 Å². The van der Waals surface area contributed by atoms with Gasteiger partial charge in [-0.2, -0.15) is 4.98 Å². The van der Waals surface area contributed by atoms with Gasteiger partial charge in [-0.3, -0.25) is 4.99 Å². The van der Waals surface area contributed by atoms with E-state index in [4.69, 9.17) is 16.1 Å². The molecule has 168 valence electrons. The lowest BCUT2D eigenvalue weighted by Gasteiger charge is -2.11. The Bertz CT molecular complexity index is 1200. The Kier molecular flexibility index (Phi) is 8.52. The van der Waals surface area contributed by atoms with Crippen LogP contribution in [0.4, 0.5) is 0 Å². The van der Waals surface area contributed by atoms with Crippen LogP contribution < -0.4 is 10.6 Å². The number of hydrogen-bond donors (Lipinski definition) is 3. The van der Waals surface area contributed by atoms with Gasteiger partial charge in [0.15, 0.2) is 5.96 Å². The van der Waals surface area contributed by atoms with Gasteiger partial charge in [0, 0.05) is 54.2 Å². The van der Waals surface area contributed by atoms with Crippen LogP contribution in [0.3, 0.4) is 0 Å². The minimum absolute atomic E-state index is 0. The zero-order valence-electron chi connectivity index (χ0n) is 18.0.